The quantitative estimate of drug-likeness (QED) is 0.619. The first-order valence-electron chi connectivity index (χ1n) is 8.54. The highest BCUT2D eigenvalue weighted by atomic mass is 16.6. The smallest absolute Gasteiger partial charge is 0.377 e. The van der Waals surface area contributed by atoms with Crippen LogP contribution in [-0.2, 0) is 4.74 Å². The molecule has 8 nitrogen and oxygen atoms in total. The summed E-state index contributed by atoms with van der Waals surface area (Å²) in [5, 5.41) is 24.0. The van der Waals surface area contributed by atoms with E-state index in [9.17, 15) is 15.0 Å². The summed E-state index contributed by atoms with van der Waals surface area (Å²) in [5.74, 6) is -0.587. The van der Waals surface area contributed by atoms with E-state index in [1.54, 1.807) is 19.1 Å². The molecule has 0 aliphatic rings. The Morgan fingerprint density at radius 2 is 1.86 bits per heavy atom. The largest absolute Gasteiger partial charge is 0.508 e. The van der Waals surface area contributed by atoms with Crippen molar-refractivity contribution in [2.75, 3.05) is 25.6 Å². The monoisotopic (exact) mass is 384 g/mol. The van der Waals surface area contributed by atoms with Crippen LogP contribution in [0.25, 0.3) is 11.3 Å². The molecule has 2 aromatic carbocycles. The van der Waals surface area contributed by atoms with Crippen molar-refractivity contribution < 1.29 is 29.0 Å². The van der Waals surface area contributed by atoms with Crippen LogP contribution in [0, 0.1) is 0 Å². The number of ether oxygens (including phenoxy) is 2. The molecule has 28 heavy (non-hydrogen) atoms. The van der Waals surface area contributed by atoms with Gasteiger partial charge in [0.25, 0.3) is 0 Å². The van der Waals surface area contributed by atoms with Crippen LogP contribution in [0.5, 0.6) is 23.0 Å². The summed E-state index contributed by atoms with van der Waals surface area (Å²) < 4.78 is 15.7. The average molecular weight is 384 g/mol. The molecular formula is C20H20N2O6. The van der Waals surface area contributed by atoms with E-state index in [0.717, 1.165) is 11.8 Å². The Bertz CT molecular complexity index is 979. The number of anilines is 1. The third-order valence-corrected chi connectivity index (χ3v) is 3.89. The molecular weight excluding hydrogens is 364 g/mol. The number of rotatable bonds is 6. The lowest BCUT2D eigenvalue weighted by Gasteiger charge is -2.14. The molecule has 146 valence electrons. The second kappa shape index (κ2) is 7.91. The van der Waals surface area contributed by atoms with Gasteiger partial charge in [0, 0.05) is 38.0 Å². The zero-order chi connectivity index (χ0) is 20.3. The Hall–Kier alpha value is -3.68. The Kier molecular flexibility index (Phi) is 5.39. The van der Waals surface area contributed by atoms with E-state index in [1.807, 2.05) is 31.1 Å². The van der Waals surface area contributed by atoms with E-state index in [1.165, 1.54) is 12.1 Å². The Labute approximate surface area is 161 Å². The van der Waals surface area contributed by atoms with Gasteiger partial charge in [-0.15, -0.1) is 0 Å². The maximum absolute atomic E-state index is 11.8. The summed E-state index contributed by atoms with van der Waals surface area (Å²) in [6, 6.07) is 11.1. The lowest BCUT2D eigenvalue weighted by atomic mass is 10.1. The molecule has 0 spiro atoms. The maximum atomic E-state index is 11.8. The van der Waals surface area contributed by atoms with Crippen molar-refractivity contribution in [3.8, 4) is 34.3 Å². The number of hydrogen-bond donors (Lipinski definition) is 2. The Morgan fingerprint density at radius 3 is 2.50 bits per heavy atom. The summed E-state index contributed by atoms with van der Waals surface area (Å²) in [5.41, 5.74) is 1.33. The first kappa shape index (κ1) is 19.1. The fraction of sp³-hybridized carbons (Fsp3) is 0.200. The number of benzene rings is 2. The van der Waals surface area contributed by atoms with Crippen molar-refractivity contribution in [1.82, 2.24) is 5.16 Å². The summed E-state index contributed by atoms with van der Waals surface area (Å²) in [4.78, 5) is 13.7. The van der Waals surface area contributed by atoms with Crippen molar-refractivity contribution in [3.63, 3.8) is 0 Å². The number of aromatic hydroxyl groups is 2. The number of nitrogens with zero attached hydrogens (tertiary/aromatic N) is 2. The van der Waals surface area contributed by atoms with Gasteiger partial charge in [-0.2, -0.15) is 0 Å². The van der Waals surface area contributed by atoms with Crippen LogP contribution in [0.1, 0.15) is 17.5 Å². The van der Waals surface area contributed by atoms with Crippen molar-refractivity contribution in [2.24, 2.45) is 0 Å². The van der Waals surface area contributed by atoms with E-state index in [2.05, 4.69) is 5.16 Å². The van der Waals surface area contributed by atoms with Crippen LogP contribution < -0.4 is 9.64 Å². The number of phenolic OH excluding ortho intramolecular Hbond substituents is 2. The molecule has 0 amide bonds. The molecule has 0 bridgehead atoms. The van der Waals surface area contributed by atoms with Gasteiger partial charge in [-0.1, -0.05) is 5.16 Å². The van der Waals surface area contributed by atoms with E-state index in [0.29, 0.717) is 5.75 Å². The molecule has 1 heterocycles. The minimum absolute atomic E-state index is 0.106. The van der Waals surface area contributed by atoms with Gasteiger partial charge in [-0.05, 0) is 31.2 Å². The van der Waals surface area contributed by atoms with E-state index in [-0.39, 0.29) is 40.9 Å². The molecule has 0 atom stereocenters. The van der Waals surface area contributed by atoms with Crippen LogP contribution in [-0.4, -0.2) is 42.0 Å². The van der Waals surface area contributed by atoms with E-state index >= 15 is 0 Å². The number of carbonyl (C=O) groups is 1. The zero-order valence-electron chi connectivity index (χ0n) is 15.7. The molecule has 0 saturated heterocycles. The van der Waals surface area contributed by atoms with Crippen LogP contribution >= 0.6 is 0 Å². The predicted octanol–water partition coefficient (Wildman–Crippen LogP) is 3.79. The Morgan fingerprint density at radius 1 is 1.14 bits per heavy atom. The number of hydrogen-bond acceptors (Lipinski definition) is 8. The van der Waals surface area contributed by atoms with Crippen LogP contribution in [0.3, 0.4) is 0 Å². The topological polar surface area (TPSA) is 105 Å². The number of esters is 1. The van der Waals surface area contributed by atoms with Gasteiger partial charge >= 0.3 is 5.97 Å². The summed E-state index contributed by atoms with van der Waals surface area (Å²) in [6.45, 7) is 1.87. The molecule has 8 heteroatoms. The molecule has 0 aliphatic carbocycles. The molecule has 3 aromatic rings. The zero-order valence-corrected chi connectivity index (χ0v) is 15.7. The van der Waals surface area contributed by atoms with Gasteiger partial charge < -0.3 is 29.1 Å². The third kappa shape index (κ3) is 4.01. The van der Waals surface area contributed by atoms with Crippen molar-refractivity contribution in [3.05, 3.63) is 48.2 Å². The third-order valence-electron chi connectivity index (χ3n) is 3.89. The number of aromatic nitrogens is 1. The minimum atomic E-state index is -0.665. The summed E-state index contributed by atoms with van der Waals surface area (Å²) in [6.07, 6.45) is 0. The van der Waals surface area contributed by atoms with Gasteiger partial charge in [0.2, 0.25) is 5.76 Å². The molecule has 3 rings (SSSR count). The minimum Gasteiger partial charge on any atom is -0.508 e. The lowest BCUT2D eigenvalue weighted by molar-refractivity contribution is 0.0480. The fourth-order valence-electron chi connectivity index (χ4n) is 2.56. The Balaban J connectivity index is 1.97. The van der Waals surface area contributed by atoms with E-state index in [4.69, 9.17) is 14.0 Å². The van der Waals surface area contributed by atoms with Crippen LogP contribution in [0.15, 0.2) is 47.0 Å². The molecule has 0 unspecified atom stereocenters. The van der Waals surface area contributed by atoms with Gasteiger partial charge in [0.05, 0.1) is 12.2 Å². The van der Waals surface area contributed by atoms with E-state index < -0.39 is 5.97 Å². The highest BCUT2D eigenvalue weighted by Gasteiger charge is 2.21. The van der Waals surface area contributed by atoms with Crippen LogP contribution in [0.2, 0.25) is 0 Å². The van der Waals surface area contributed by atoms with Crippen molar-refractivity contribution in [2.45, 2.75) is 6.92 Å². The van der Waals surface area contributed by atoms with Gasteiger partial charge in [-0.3, -0.25) is 0 Å². The SMILES string of the molecule is CCOC(=O)c1cc(-c2c(O)cc(O)cc2Oc2ccc(N(C)C)cc2)no1. The highest BCUT2D eigenvalue weighted by molar-refractivity contribution is 5.88. The predicted molar refractivity (Wildman–Crippen MR) is 102 cm³/mol. The molecule has 2 N–H and O–H groups in total. The molecule has 0 fully saturated rings. The first-order valence-corrected chi connectivity index (χ1v) is 8.54. The standard InChI is InChI=1S/C20H20N2O6/c1-4-26-20(25)18-11-15(21-28-18)19-16(24)9-13(23)10-17(19)27-14-7-5-12(6-8-14)22(2)3/h5-11,23-24H,4H2,1-3H3. The molecule has 1 aromatic heterocycles. The fourth-order valence-corrected chi connectivity index (χ4v) is 2.56. The maximum Gasteiger partial charge on any atom is 0.377 e. The first-order chi connectivity index (χ1) is 13.4. The second-order valence-corrected chi connectivity index (χ2v) is 6.13. The van der Waals surface area contributed by atoms with Gasteiger partial charge in [-0.25, -0.2) is 4.79 Å². The van der Waals surface area contributed by atoms with Crippen molar-refractivity contribution >= 4 is 11.7 Å². The summed E-state index contributed by atoms with van der Waals surface area (Å²) >= 11 is 0. The normalized spacial score (nSPS) is 10.5. The van der Waals surface area contributed by atoms with Gasteiger partial charge in [0.1, 0.15) is 28.7 Å². The summed E-state index contributed by atoms with van der Waals surface area (Å²) in [7, 11) is 3.85. The highest BCUT2D eigenvalue weighted by Crippen LogP contribution is 2.42. The lowest BCUT2D eigenvalue weighted by Crippen LogP contribution is -2.07. The number of carbonyl (C=O) groups excluding carboxylic acids is 1. The molecule has 0 saturated carbocycles. The second-order valence-electron chi connectivity index (χ2n) is 6.13. The number of phenols is 2. The van der Waals surface area contributed by atoms with Gasteiger partial charge in [0.15, 0.2) is 0 Å². The van der Waals surface area contributed by atoms with Crippen molar-refractivity contribution in [1.29, 1.82) is 0 Å². The van der Waals surface area contributed by atoms with Crippen LogP contribution in [0.4, 0.5) is 5.69 Å². The molecule has 0 radical (unpaired) electrons. The average Bonchev–Trinajstić information content (AvgIpc) is 3.11. The molecule has 0 aliphatic heterocycles.